The van der Waals surface area contributed by atoms with E-state index in [0.717, 1.165) is 35.3 Å². The van der Waals surface area contributed by atoms with Crippen molar-refractivity contribution in [3.8, 4) is 5.75 Å². The number of amides is 2. The quantitative estimate of drug-likeness (QED) is 0.169. The number of hydrogen-bond donors (Lipinski definition) is 2. The van der Waals surface area contributed by atoms with Gasteiger partial charge in [-0.05, 0) is 73.1 Å². The first-order valence-corrected chi connectivity index (χ1v) is 13.5. The van der Waals surface area contributed by atoms with E-state index in [-0.39, 0.29) is 6.61 Å². The summed E-state index contributed by atoms with van der Waals surface area (Å²) in [5, 5.41) is 7.46. The molecule has 2 N–H and O–H groups in total. The Kier molecular flexibility index (Phi) is 9.15. The summed E-state index contributed by atoms with van der Waals surface area (Å²) >= 11 is 7.23. The number of benzene rings is 2. The molecular weight excluding hydrogens is 526 g/mol. The van der Waals surface area contributed by atoms with Crippen molar-refractivity contribution in [2.45, 2.75) is 39.7 Å². The minimum absolute atomic E-state index is 0.218. The van der Waals surface area contributed by atoms with E-state index in [1.165, 1.54) is 17.6 Å². The molecule has 0 bridgehead atoms. The van der Waals surface area contributed by atoms with Crippen LogP contribution in [0.5, 0.6) is 5.75 Å². The number of rotatable bonds is 8. The van der Waals surface area contributed by atoms with Crippen LogP contribution in [0.3, 0.4) is 0 Å². The standard InChI is InChI=1S/C28H28ClN3O5S/c1-3-36-28(35)24-22-12-7-17(2)13-23(22)38-27(24)31-25(33)26(34)32-30-15-19-5-4-6-21(14-19)37-16-18-8-10-20(29)11-9-18/h4-6,8-11,14-15,17H,3,7,12-13,16H2,1-2H3,(H,31,33)(H,32,34)/b30-15-/t17-/m0/s1. The van der Waals surface area contributed by atoms with Gasteiger partial charge in [0, 0.05) is 9.90 Å². The normalized spacial score (nSPS) is 14.6. The molecule has 0 aliphatic heterocycles. The molecule has 1 aliphatic carbocycles. The number of esters is 1. The number of nitrogens with zero attached hydrogens (tertiary/aromatic N) is 1. The van der Waals surface area contributed by atoms with Crippen LogP contribution >= 0.6 is 22.9 Å². The largest absolute Gasteiger partial charge is 0.489 e. The molecule has 2 amide bonds. The number of fused-ring (bicyclic) bond motifs is 1. The summed E-state index contributed by atoms with van der Waals surface area (Å²) in [6.45, 7) is 4.46. The molecule has 38 heavy (non-hydrogen) atoms. The van der Waals surface area contributed by atoms with Crippen molar-refractivity contribution in [1.29, 1.82) is 0 Å². The fourth-order valence-corrected chi connectivity index (χ4v) is 5.59. The second-order valence-corrected chi connectivity index (χ2v) is 10.5. The van der Waals surface area contributed by atoms with Crippen LogP contribution in [-0.4, -0.2) is 30.6 Å². The van der Waals surface area contributed by atoms with Crippen LogP contribution in [0.2, 0.25) is 5.02 Å². The molecule has 3 aromatic rings. The van der Waals surface area contributed by atoms with Gasteiger partial charge >= 0.3 is 17.8 Å². The highest BCUT2D eigenvalue weighted by molar-refractivity contribution is 7.17. The second-order valence-electron chi connectivity index (χ2n) is 8.92. The van der Waals surface area contributed by atoms with Gasteiger partial charge in [0.25, 0.3) is 0 Å². The molecule has 0 fully saturated rings. The summed E-state index contributed by atoms with van der Waals surface area (Å²) in [7, 11) is 0. The summed E-state index contributed by atoms with van der Waals surface area (Å²) in [6, 6.07) is 14.5. The van der Waals surface area contributed by atoms with Crippen LogP contribution < -0.4 is 15.5 Å². The molecule has 1 heterocycles. The number of hydrazone groups is 1. The zero-order valence-corrected chi connectivity index (χ0v) is 22.7. The van der Waals surface area contributed by atoms with Gasteiger partial charge in [-0.15, -0.1) is 11.3 Å². The van der Waals surface area contributed by atoms with Gasteiger partial charge in [-0.25, -0.2) is 10.2 Å². The predicted molar refractivity (Wildman–Crippen MR) is 148 cm³/mol. The molecule has 10 heteroatoms. The second kappa shape index (κ2) is 12.7. The lowest BCUT2D eigenvalue weighted by molar-refractivity contribution is -0.136. The maximum Gasteiger partial charge on any atom is 0.341 e. The van der Waals surface area contributed by atoms with Crippen molar-refractivity contribution >= 4 is 51.9 Å². The first-order valence-electron chi connectivity index (χ1n) is 12.3. The third-order valence-corrected chi connectivity index (χ3v) is 7.40. The molecule has 0 saturated heterocycles. The Morgan fingerprint density at radius 3 is 2.71 bits per heavy atom. The van der Waals surface area contributed by atoms with Crippen LogP contribution in [0.1, 0.15) is 52.2 Å². The first kappa shape index (κ1) is 27.3. The number of anilines is 1. The number of hydrogen-bond acceptors (Lipinski definition) is 7. The van der Waals surface area contributed by atoms with Crippen LogP contribution in [0.15, 0.2) is 53.6 Å². The number of nitrogens with one attached hydrogen (secondary N) is 2. The molecule has 198 valence electrons. The van der Waals surface area contributed by atoms with E-state index in [0.29, 0.717) is 39.4 Å². The summed E-state index contributed by atoms with van der Waals surface area (Å²) in [5.41, 5.74) is 5.12. The van der Waals surface area contributed by atoms with Crippen molar-refractivity contribution in [2.24, 2.45) is 11.0 Å². The van der Waals surface area contributed by atoms with Gasteiger partial charge in [0.1, 0.15) is 17.4 Å². The van der Waals surface area contributed by atoms with Crippen LogP contribution in [-0.2, 0) is 33.8 Å². The monoisotopic (exact) mass is 553 g/mol. The highest BCUT2D eigenvalue weighted by atomic mass is 35.5. The summed E-state index contributed by atoms with van der Waals surface area (Å²) in [4.78, 5) is 38.7. The molecule has 1 aliphatic rings. The summed E-state index contributed by atoms with van der Waals surface area (Å²) < 4.78 is 11.0. The average molecular weight is 554 g/mol. The molecular formula is C28H28ClN3O5S. The van der Waals surface area contributed by atoms with Crippen LogP contribution in [0.4, 0.5) is 5.00 Å². The molecule has 4 rings (SSSR count). The third-order valence-electron chi connectivity index (χ3n) is 5.98. The van der Waals surface area contributed by atoms with E-state index in [1.807, 2.05) is 18.2 Å². The number of ether oxygens (including phenoxy) is 2. The third kappa shape index (κ3) is 6.99. The number of carbonyl (C=O) groups is 3. The van der Waals surface area contributed by atoms with Crippen molar-refractivity contribution in [3.63, 3.8) is 0 Å². The fraction of sp³-hybridized carbons (Fsp3) is 0.286. The van der Waals surface area contributed by atoms with Gasteiger partial charge in [-0.3, -0.25) is 9.59 Å². The van der Waals surface area contributed by atoms with E-state index in [1.54, 1.807) is 37.3 Å². The van der Waals surface area contributed by atoms with Gasteiger partial charge in [0.2, 0.25) is 0 Å². The van der Waals surface area contributed by atoms with Crippen LogP contribution in [0.25, 0.3) is 0 Å². The predicted octanol–water partition coefficient (Wildman–Crippen LogP) is 5.37. The first-order chi connectivity index (χ1) is 18.3. The number of carbonyl (C=O) groups excluding carboxylic acids is 3. The average Bonchev–Trinajstić information content (AvgIpc) is 3.25. The van der Waals surface area contributed by atoms with Crippen LogP contribution in [0, 0.1) is 5.92 Å². The van der Waals surface area contributed by atoms with Crippen molar-refractivity contribution in [1.82, 2.24) is 5.43 Å². The highest BCUT2D eigenvalue weighted by Gasteiger charge is 2.30. The fourth-order valence-electron chi connectivity index (χ4n) is 4.07. The van der Waals surface area contributed by atoms with Gasteiger partial charge in [0.05, 0.1) is 18.4 Å². The highest BCUT2D eigenvalue weighted by Crippen LogP contribution is 2.40. The van der Waals surface area contributed by atoms with E-state index in [4.69, 9.17) is 21.1 Å². The Morgan fingerprint density at radius 2 is 1.95 bits per heavy atom. The van der Waals surface area contributed by atoms with Gasteiger partial charge in [0.15, 0.2) is 0 Å². The molecule has 1 aromatic heterocycles. The lowest BCUT2D eigenvalue weighted by Crippen LogP contribution is -2.32. The van der Waals surface area contributed by atoms with Gasteiger partial charge in [-0.1, -0.05) is 42.8 Å². The molecule has 8 nitrogen and oxygen atoms in total. The van der Waals surface area contributed by atoms with Gasteiger partial charge < -0.3 is 14.8 Å². The Hall–Kier alpha value is -3.69. The Balaban J connectivity index is 1.36. The van der Waals surface area contributed by atoms with Crippen molar-refractivity contribution in [3.05, 3.63) is 80.7 Å². The molecule has 1 atom stereocenters. The number of halogens is 1. The SMILES string of the molecule is CCOC(=O)c1c(NC(=O)C(=O)N/N=C\c2cccc(OCc3ccc(Cl)cc3)c2)sc2c1CC[C@H](C)C2. The molecule has 0 unspecified atom stereocenters. The molecule has 0 saturated carbocycles. The number of thiophene rings is 1. The maximum atomic E-state index is 12.6. The maximum absolute atomic E-state index is 12.6. The Morgan fingerprint density at radius 1 is 1.16 bits per heavy atom. The summed E-state index contributed by atoms with van der Waals surface area (Å²) in [6.07, 6.45) is 3.92. The smallest absolute Gasteiger partial charge is 0.341 e. The molecule has 2 aromatic carbocycles. The zero-order chi connectivity index (χ0) is 27.1. The lowest BCUT2D eigenvalue weighted by Gasteiger charge is -2.18. The Labute approximate surface area is 230 Å². The van der Waals surface area contributed by atoms with Gasteiger partial charge in [-0.2, -0.15) is 5.10 Å². The minimum atomic E-state index is -0.953. The van der Waals surface area contributed by atoms with E-state index in [2.05, 4.69) is 22.8 Å². The van der Waals surface area contributed by atoms with E-state index < -0.39 is 17.8 Å². The van der Waals surface area contributed by atoms with E-state index >= 15 is 0 Å². The van der Waals surface area contributed by atoms with Crippen molar-refractivity contribution in [2.75, 3.05) is 11.9 Å². The summed E-state index contributed by atoms with van der Waals surface area (Å²) in [5.74, 6) is -1.26. The minimum Gasteiger partial charge on any atom is -0.489 e. The molecule has 0 radical (unpaired) electrons. The topological polar surface area (TPSA) is 106 Å². The Bertz CT molecular complexity index is 1350. The van der Waals surface area contributed by atoms with Crippen molar-refractivity contribution < 1.29 is 23.9 Å². The lowest BCUT2D eigenvalue weighted by atomic mass is 9.88. The van der Waals surface area contributed by atoms with E-state index in [9.17, 15) is 14.4 Å². The zero-order valence-electron chi connectivity index (χ0n) is 21.1. The molecule has 0 spiro atoms.